The molecule has 0 aliphatic heterocycles. The van der Waals surface area contributed by atoms with E-state index in [0.717, 1.165) is 11.3 Å². The molecule has 0 aromatic heterocycles. The summed E-state index contributed by atoms with van der Waals surface area (Å²) in [5, 5.41) is 3.33. The molecule has 0 atom stereocenters. The molecule has 0 spiro atoms. The fourth-order valence-electron chi connectivity index (χ4n) is 1.49. The van der Waals surface area contributed by atoms with Gasteiger partial charge in [-0.25, -0.2) is 0 Å². The summed E-state index contributed by atoms with van der Waals surface area (Å²) in [5.74, 6) is -0.134. The van der Waals surface area contributed by atoms with Gasteiger partial charge in [0.1, 0.15) is 0 Å². The highest BCUT2D eigenvalue weighted by Crippen LogP contribution is 2.22. The van der Waals surface area contributed by atoms with Crippen LogP contribution in [0.2, 0.25) is 5.02 Å². The van der Waals surface area contributed by atoms with Gasteiger partial charge in [-0.3, -0.25) is 4.79 Å². The Balaban J connectivity index is 2.45. The van der Waals surface area contributed by atoms with E-state index in [-0.39, 0.29) is 12.0 Å². The normalized spacial score (nSPS) is 10.8. The number of halogens is 1. The van der Waals surface area contributed by atoms with Crippen molar-refractivity contribution in [3.63, 3.8) is 0 Å². The van der Waals surface area contributed by atoms with Gasteiger partial charge in [0.15, 0.2) is 0 Å². The van der Waals surface area contributed by atoms with Crippen molar-refractivity contribution in [2.24, 2.45) is 0 Å². The fourth-order valence-corrected chi connectivity index (χ4v) is 2.14. The van der Waals surface area contributed by atoms with Crippen LogP contribution in [0, 0.1) is 0 Å². The van der Waals surface area contributed by atoms with Crippen molar-refractivity contribution in [1.29, 1.82) is 0 Å². The predicted molar refractivity (Wildman–Crippen MR) is 81.3 cm³/mol. The van der Waals surface area contributed by atoms with Gasteiger partial charge in [-0.15, -0.1) is 11.8 Å². The van der Waals surface area contributed by atoms with Gasteiger partial charge in [0.2, 0.25) is 0 Å². The maximum atomic E-state index is 12.0. The molecule has 106 valence electrons. The highest BCUT2D eigenvalue weighted by molar-refractivity contribution is 7.98. The molecule has 19 heavy (non-hydrogen) atoms. The second kappa shape index (κ2) is 8.46. The zero-order valence-corrected chi connectivity index (χ0v) is 13.1. The summed E-state index contributed by atoms with van der Waals surface area (Å²) in [6, 6.07) is 5.47. The van der Waals surface area contributed by atoms with E-state index in [1.165, 1.54) is 0 Å². The number of nitrogens with one attached hydrogen (secondary N) is 1. The minimum atomic E-state index is -0.134. The monoisotopic (exact) mass is 301 g/mol. The Bertz CT molecular complexity index is 424. The molecule has 0 bridgehead atoms. The Morgan fingerprint density at radius 2 is 2.21 bits per heavy atom. The maximum Gasteiger partial charge on any atom is 0.252 e. The SMILES string of the molecule is CSc1ccc(Cl)c(C(=O)NCCCOC(C)C)c1. The van der Waals surface area contributed by atoms with Crippen molar-refractivity contribution < 1.29 is 9.53 Å². The minimum absolute atomic E-state index is 0.134. The summed E-state index contributed by atoms with van der Waals surface area (Å²) < 4.78 is 5.41. The lowest BCUT2D eigenvalue weighted by atomic mass is 10.2. The third-order valence-electron chi connectivity index (χ3n) is 2.48. The zero-order valence-electron chi connectivity index (χ0n) is 11.5. The van der Waals surface area contributed by atoms with Crippen molar-refractivity contribution in [2.45, 2.75) is 31.3 Å². The van der Waals surface area contributed by atoms with Gasteiger partial charge in [0.25, 0.3) is 5.91 Å². The number of rotatable bonds is 7. The topological polar surface area (TPSA) is 38.3 Å². The van der Waals surface area contributed by atoms with Crippen LogP contribution < -0.4 is 5.32 Å². The van der Waals surface area contributed by atoms with E-state index in [0.29, 0.717) is 23.7 Å². The van der Waals surface area contributed by atoms with Crippen LogP contribution in [-0.2, 0) is 4.74 Å². The summed E-state index contributed by atoms with van der Waals surface area (Å²) in [6.45, 7) is 5.22. The number of benzene rings is 1. The third-order valence-corrected chi connectivity index (χ3v) is 3.53. The lowest BCUT2D eigenvalue weighted by Crippen LogP contribution is -2.25. The van der Waals surface area contributed by atoms with Gasteiger partial charge in [0.05, 0.1) is 16.7 Å². The number of hydrogen-bond donors (Lipinski definition) is 1. The van der Waals surface area contributed by atoms with Gasteiger partial charge in [-0.2, -0.15) is 0 Å². The van der Waals surface area contributed by atoms with E-state index < -0.39 is 0 Å². The largest absolute Gasteiger partial charge is 0.379 e. The first-order valence-electron chi connectivity index (χ1n) is 6.28. The van der Waals surface area contributed by atoms with Gasteiger partial charge in [-0.05, 0) is 44.7 Å². The highest BCUT2D eigenvalue weighted by atomic mass is 35.5. The third kappa shape index (κ3) is 5.85. The maximum absolute atomic E-state index is 12.0. The molecule has 1 N–H and O–H groups in total. The summed E-state index contributed by atoms with van der Waals surface area (Å²) >= 11 is 7.62. The van der Waals surface area contributed by atoms with Crippen LogP contribution in [0.4, 0.5) is 0 Å². The molecule has 0 unspecified atom stereocenters. The Hall–Kier alpha value is -0.710. The summed E-state index contributed by atoms with van der Waals surface area (Å²) in [6.07, 6.45) is 2.99. The van der Waals surface area contributed by atoms with Crippen molar-refractivity contribution in [1.82, 2.24) is 5.32 Å². The first-order chi connectivity index (χ1) is 9.04. The molecule has 0 aliphatic rings. The molecule has 0 radical (unpaired) electrons. The average Bonchev–Trinajstić information content (AvgIpc) is 2.38. The van der Waals surface area contributed by atoms with E-state index in [2.05, 4.69) is 5.32 Å². The number of carbonyl (C=O) groups excluding carboxylic acids is 1. The van der Waals surface area contributed by atoms with Gasteiger partial charge >= 0.3 is 0 Å². The van der Waals surface area contributed by atoms with Crippen molar-refractivity contribution in [3.8, 4) is 0 Å². The zero-order chi connectivity index (χ0) is 14.3. The molecule has 1 aromatic carbocycles. The molecule has 5 heteroatoms. The molecular weight excluding hydrogens is 282 g/mol. The van der Waals surface area contributed by atoms with Gasteiger partial charge < -0.3 is 10.1 Å². The van der Waals surface area contributed by atoms with Crippen LogP contribution >= 0.6 is 23.4 Å². The molecule has 1 aromatic rings. The first kappa shape index (κ1) is 16.3. The lowest BCUT2D eigenvalue weighted by molar-refractivity contribution is 0.0757. The molecule has 0 aliphatic carbocycles. The Morgan fingerprint density at radius 3 is 2.84 bits per heavy atom. The number of amides is 1. The van der Waals surface area contributed by atoms with Crippen LogP contribution in [0.25, 0.3) is 0 Å². The van der Waals surface area contributed by atoms with Crippen molar-refractivity contribution in [3.05, 3.63) is 28.8 Å². The Morgan fingerprint density at radius 1 is 1.47 bits per heavy atom. The van der Waals surface area contributed by atoms with E-state index in [1.807, 2.05) is 32.2 Å². The number of thioether (sulfide) groups is 1. The van der Waals surface area contributed by atoms with Crippen LogP contribution in [0.5, 0.6) is 0 Å². The average molecular weight is 302 g/mol. The summed E-state index contributed by atoms with van der Waals surface area (Å²) in [7, 11) is 0. The minimum Gasteiger partial charge on any atom is -0.379 e. The summed E-state index contributed by atoms with van der Waals surface area (Å²) in [4.78, 5) is 13.0. The van der Waals surface area contributed by atoms with Crippen molar-refractivity contribution >= 4 is 29.3 Å². The molecule has 0 saturated heterocycles. The molecule has 0 saturated carbocycles. The van der Waals surface area contributed by atoms with Gasteiger partial charge in [0, 0.05) is 18.0 Å². The molecular formula is C14H20ClNO2S. The van der Waals surface area contributed by atoms with Crippen LogP contribution in [-0.4, -0.2) is 31.4 Å². The molecule has 3 nitrogen and oxygen atoms in total. The number of carbonyl (C=O) groups is 1. The molecule has 0 heterocycles. The van der Waals surface area contributed by atoms with E-state index in [9.17, 15) is 4.79 Å². The quantitative estimate of drug-likeness (QED) is 0.617. The molecule has 0 fully saturated rings. The Labute approximate surface area is 124 Å². The van der Waals surface area contributed by atoms with E-state index in [1.54, 1.807) is 17.8 Å². The Kier molecular flexibility index (Phi) is 7.28. The molecule has 1 amide bonds. The predicted octanol–water partition coefficient (Wildman–Crippen LogP) is 3.61. The van der Waals surface area contributed by atoms with E-state index >= 15 is 0 Å². The van der Waals surface area contributed by atoms with Gasteiger partial charge in [-0.1, -0.05) is 11.6 Å². The number of hydrogen-bond acceptors (Lipinski definition) is 3. The van der Waals surface area contributed by atoms with Crippen LogP contribution in [0.3, 0.4) is 0 Å². The van der Waals surface area contributed by atoms with Crippen LogP contribution in [0.1, 0.15) is 30.6 Å². The number of ether oxygens (including phenoxy) is 1. The standard InChI is InChI=1S/C14H20ClNO2S/c1-10(2)18-8-4-7-16-14(17)12-9-11(19-3)5-6-13(12)15/h5-6,9-10H,4,7-8H2,1-3H3,(H,16,17). The summed E-state index contributed by atoms with van der Waals surface area (Å²) in [5.41, 5.74) is 0.526. The second-order valence-corrected chi connectivity index (χ2v) is 5.66. The van der Waals surface area contributed by atoms with Crippen LogP contribution in [0.15, 0.2) is 23.1 Å². The lowest BCUT2D eigenvalue weighted by Gasteiger charge is -2.09. The van der Waals surface area contributed by atoms with E-state index in [4.69, 9.17) is 16.3 Å². The first-order valence-corrected chi connectivity index (χ1v) is 7.88. The fraction of sp³-hybridized carbons (Fsp3) is 0.500. The van der Waals surface area contributed by atoms with Crippen molar-refractivity contribution in [2.75, 3.05) is 19.4 Å². The smallest absolute Gasteiger partial charge is 0.252 e. The molecule has 1 rings (SSSR count). The second-order valence-electron chi connectivity index (χ2n) is 4.37. The highest BCUT2D eigenvalue weighted by Gasteiger charge is 2.10.